The van der Waals surface area contributed by atoms with Gasteiger partial charge in [0.1, 0.15) is 0 Å². The molecule has 3 aliphatic rings. The van der Waals surface area contributed by atoms with Gasteiger partial charge in [0.2, 0.25) is 0 Å². The van der Waals surface area contributed by atoms with Crippen LogP contribution in [0.2, 0.25) is 0 Å². The predicted octanol–water partition coefficient (Wildman–Crippen LogP) is 1.40. The molecule has 2 saturated heterocycles. The number of ether oxygens (including phenoxy) is 1. The molecular formula is C13H23NO2S. The molecule has 2 unspecified atom stereocenters. The van der Waals surface area contributed by atoms with E-state index in [-0.39, 0.29) is 11.7 Å². The molecule has 1 aliphatic carbocycles. The number of hydrogen-bond acceptors (Lipinski definition) is 4. The van der Waals surface area contributed by atoms with Gasteiger partial charge in [-0.25, -0.2) is 0 Å². The fourth-order valence-corrected chi connectivity index (χ4v) is 4.64. The molecule has 2 heterocycles. The molecule has 0 aromatic rings. The minimum absolute atomic E-state index is 0.0194. The Kier molecular flexibility index (Phi) is 3.67. The van der Waals surface area contributed by atoms with Crippen molar-refractivity contribution in [3.05, 3.63) is 0 Å². The lowest BCUT2D eigenvalue weighted by Gasteiger charge is -2.39. The summed E-state index contributed by atoms with van der Waals surface area (Å²) in [7, 11) is 0. The van der Waals surface area contributed by atoms with Crippen molar-refractivity contribution in [2.24, 2.45) is 5.92 Å². The standard InChI is InChI=1S/C13H23NO2S/c15-12-5-10(6-12)8-14-11-1-3-16-13(7-11)2-4-17-9-13/h10-12,14-15H,1-9H2. The molecule has 17 heavy (non-hydrogen) atoms. The molecule has 3 nitrogen and oxygen atoms in total. The predicted molar refractivity (Wildman–Crippen MR) is 70.4 cm³/mol. The van der Waals surface area contributed by atoms with E-state index in [0.29, 0.717) is 12.0 Å². The lowest BCUT2D eigenvalue weighted by Crippen LogP contribution is -2.49. The summed E-state index contributed by atoms with van der Waals surface area (Å²) in [5.74, 6) is 3.16. The van der Waals surface area contributed by atoms with Gasteiger partial charge in [-0.1, -0.05) is 0 Å². The molecule has 2 N–H and O–H groups in total. The van der Waals surface area contributed by atoms with Crippen molar-refractivity contribution >= 4 is 11.8 Å². The van der Waals surface area contributed by atoms with Gasteiger partial charge in [-0.15, -0.1) is 0 Å². The average Bonchev–Trinajstić information content (AvgIpc) is 2.71. The van der Waals surface area contributed by atoms with E-state index in [9.17, 15) is 5.11 Å². The van der Waals surface area contributed by atoms with Crippen molar-refractivity contribution in [3.63, 3.8) is 0 Å². The molecule has 2 atom stereocenters. The first-order valence-corrected chi connectivity index (χ1v) is 8.04. The molecule has 0 aromatic carbocycles. The minimum Gasteiger partial charge on any atom is -0.393 e. The highest BCUT2D eigenvalue weighted by Gasteiger charge is 2.40. The molecule has 0 amide bonds. The first-order valence-electron chi connectivity index (χ1n) is 6.89. The quantitative estimate of drug-likeness (QED) is 0.802. The number of nitrogens with one attached hydrogen (secondary N) is 1. The number of aliphatic hydroxyl groups excluding tert-OH is 1. The topological polar surface area (TPSA) is 41.5 Å². The lowest BCUT2D eigenvalue weighted by molar-refractivity contribution is -0.0715. The molecule has 3 fully saturated rings. The molecule has 0 radical (unpaired) electrons. The van der Waals surface area contributed by atoms with Gasteiger partial charge < -0.3 is 15.2 Å². The Labute approximate surface area is 108 Å². The van der Waals surface area contributed by atoms with Crippen molar-refractivity contribution in [1.82, 2.24) is 5.32 Å². The second kappa shape index (κ2) is 5.08. The molecule has 1 spiro atoms. The first kappa shape index (κ1) is 12.3. The van der Waals surface area contributed by atoms with Crippen molar-refractivity contribution in [1.29, 1.82) is 0 Å². The van der Waals surface area contributed by atoms with E-state index in [1.165, 1.54) is 24.3 Å². The summed E-state index contributed by atoms with van der Waals surface area (Å²) < 4.78 is 6.02. The maximum absolute atomic E-state index is 9.27. The number of thioether (sulfide) groups is 1. The second-order valence-electron chi connectivity index (χ2n) is 5.92. The molecule has 4 heteroatoms. The van der Waals surface area contributed by atoms with Crippen LogP contribution in [0.1, 0.15) is 32.1 Å². The number of hydrogen-bond donors (Lipinski definition) is 2. The van der Waals surface area contributed by atoms with Gasteiger partial charge >= 0.3 is 0 Å². The van der Waals surface area contributed by atoms with E-state index < -0.39 is 0 Å². The summed E-state index contributed by atoms with van der Waals surface area (Å²) >= 11 is 2.04. The fourth-order valence-electron chi connectivity index (χ4n) is 3.27. The van der Waals surface area contributed by atoms with Crippen LogP contribution in [0.25, 0.3) is 0 Å². The van der Waals surface area contributed by atoms with E-state index in [1.807, 2.05) is 11.8 Å². The Morgan fingerprint density at radius 3 is 3.00 bits per heavy atom. The van der Waals surface area contributed by atoms with Crippen LogP contribution in [0.4, 0.5) is 0 Å². The lowest BCUT2D eigenvalue weighted by atomic mass is 9.82. The average molecular weight is 257 g/mol. The smallest absolute Gasteiger partial charge is 0.0795 e. The van der Waals surface area contributed by atoms with E-state index >= 15 is 0 Å². The zero-order valence-electron chi connectivity index (χ0n) is 10.4. The number of rotatable bonds is 3. The first-order chi connectivity index (χ1) is 8.26. The number of aliphatic hydroxyl groups is 1. The molecule has 98 valence electrons. The van der Waals surface area contributed by atoms with Gasteiger partial charge in [0.25, 0.3) is 0 Å². The summed E-state index contributed by atoms with van der Waals surface area (Å²) in [6.45, 7) is 2.01. The summed E-state index contributed by atoms with van der Waals surface area (Å²) in [6, 6.07) is 0.639. The zero-order chi connectivity index (χ0) is 11.7. The Balaban J connectivity index is 1.44. The van der Waals surface area contributed by atoms with Crippen molar-refractivity contribution in [2.45, 2.75) is 49.9 Å². The van der Waals surface area contributed by atoms with Crippen LogP contribution in [-0.2, 0) is 4.74 Å². The Morgan fingerprint density at radius 1 is 1.41 bits per heavy atom. The molecule has 3 rings (SSSR count). The molecular weight excluding hydrogens is 234 g/mol. The third kappa shape index (κ3) is 2.80. The monoisotopic (exact) mass is 257 g/mol. The fraction of sp³-hybridized carbons (Fsp3) is 1.00. The van der Waals surface area contributed by atoms with Crippen LogP contribution >= 0.6 is 11.8 Å². The molecule has 0 aromatic heterocycles. The van der Waals surface area contributed by atoms with Gasteiger partial charge in [-0.2, -0.15) is 11.8 Å². The van der Waals surface area contributed by atoms with Crippen LogP contribution < -0.4 is 5.32 Å². The Hall–Kier alpha value is 0.230. The minimum atomic E-state index is -0.0194. The maximum Gasteiger partial charge on any atom is 0.0795 e. The Morgan fingerprint density at radius 2 is 2.29 bits per heavy atom. The summed E-state index contributed by atoms with van der Waals surface area (Å²) in [6.07, 6.45) is 5.55. The van der Waals surface area contributed by atoms with Gasteiger partial charge in [-0.3, -0.25) is 0 Å². The van der Waals surface area contributed by atoms with Crippen LogP contribution in [0.15, 0.2) is 0 Å². The van der Waals surface area contributed by atoms with Crippen LogP contribution in [0.3, 0.4) is 0 Å². The summed E-state index contributed by atoms with van der Waals surface area (Å²) in [5.41, 5.74) is 0.194. The van der Waals surface area contributed by atoms with Crippen molar-refractivity contribution in [2.75, 3.05) is 24.7 Å². The van der Waals surface area contributed by atoms with Crippen molar-refractivity contribution < 1.29 is 9.84 Å². The zero-order valence-corrected chi connectivity index (χ0v) is 11.2. The largest absolute Gasteiger partial charge is 0.393 e. The summed E-state index contributed by atoms with van der Waals surface area (Å²) in [4.78, 5) is 0. The van der Waals surface area contributed by atoms with Gasteiger partial charge in [0, 0.05) is 18.4 Å². The van der Waals surface area contributed by atoms with Crippen molar-refractivity contribution in [3.8, 4) is 0 Å². The van der Waals surface area contributed by atoms with E-state index in [1.54, 1.807) is 0 Å². The van der Waals surface area contributed by atoms with E-state index in [4.69, 9.17) is 4.74 Å². The SMILES string of the molecule is OC1CC(CNC2CCOC3(CCSC3)C2)C1. The normalized spacial score (nSPS) is 46.1. The van der Waals surface area contributed by atoms with Crippen LogP contribution in [-0.4, -0.2) is 47.5 Å². The van der Waals surface area contributed by atoms with Crippen LogP contribution in [0.5, 0.6) is 0 Å². The van der Waals surface area contributed by atoms with Gasteiger partial charge in [-0.05, 0) is 50.3 Å². The highest BCUT2D eigenvalue weighted by atomic mass is 32.2. The Bertz CT molecular complexity index is 262. The van der Waals surface area contributed by atoms with Crippen LogP contribution in [0, 0.1) is 5.92 Å². The van der Waals surface area contributed by atoms with Gasteiger partial charge in [0.15, 0.2) is 0 Å². The van der Waals surface area contributed by atoms with Gasteiger partial charge in [0.05, 0.1) is 11.7 Å². The molecule has 1 saturated carbocycles. The third-order valence-electron chi connectivity index (χ3n) is 4.47. The van der Waals surface area contributed by atoms with E-state index in [0.717, 1.165) is 32.4 Å². The highest BCUT2D eigenvalue weighted by Crippen LogP contribution is 2.38. The summed E-state index contributed by atoms with van der Waals surface area (Å²) in [5, 5.41) is 13.0. The maximum atomic E-state index is 9.27. The third-order valence-corrected chi connectivity index (χ3v) is 5.69. The molecule has 2 aliphatic heterocycles. The van der Waals surface area contributed by atoms with E-state index in [2.05, 4.69) is 5.32 Å². The molecule has 0 bridgehead atoms. The second-order valence-corrected chi connectivity index (χ2v) is 7.03. The highest BCUT2D eigenvalue weighted by molar-refractivity contribution is 7.99.